The molecular weight excluding hydrogens is 319 g/mol. The van der Waals surface area contributed by atoms with Crippen LogP contribution in [0.5, 0.6) is 0 Å². The van der Waals surface area contributed by atoms with Crippen LogP contribution in [0.4, 0.5) is 4.39 Å². The van der Waals surface area contributed by atoms with Gasteiger partial charge in [0.2, 0.25) is 0 Å². The van der Waals surface area contributed by atoms with Crippen LogP contribution in [0.1, 0.15) is 26.3 Å². The fourth-order valence-corrected chi connectivity index (χ4v) is 3.68. The van der Waals surface area contributed by atoms with Crippen LogP contribution in [-0.2, 0) is 0 Å². The number of benzene rings is 2. The molecule has 0 spiro atoms. The summed E-state index contributed by atoms with van der Waals surface area (Å²) in [5.41, 5.74) is 0.441. The van der Waals surface area contributed by atoms with E-state index in [0.29, 0.717) is 20.5 Å². The zero-order valence-electron chi connectivity index (χ0n) is 12.0. The Morgan fingerprint density at radius 2 is 1.83 bits per heavy atom. The smallest absolute Gasteiger partial charge is 0.336 e. The van der Waals surface area contributed by atoms with E-state index in [1.54, 1.807) is 18.2 Å². The molecule has 0 bridgehead atoms. The van der Waals surface area contributed by atoms with E-state index >= 15 is 0 Å². The first-order chi connectivity index (χ1) is 10.9. The molecule has 3 aromatic rings. The molecule has 1 heterocycles. The van der Waals surface area contributed by atoms with Gasteiger partial charge in [-0.05, 0) is 36.1 Å². The van der Waals surface area contributed by atoms with Gasteiger partial charge < -0.3 is 10.2 Å². The fraction of sp³-hybridized carbons (Fsp3) is 0.0588. The lowest BCUT2D eigenvalue weighted by Crippen LogP contribution is -2.08. The molecule has 1 aromatic heterocycles. The lowest BCUT2D eigenvalue weighted by Gasteiger charge is -2.10. The third-order valence-electron chi connectivity index (χ3n) is 3.67. The van der Waals surface area contributed by atoms with Crippen LogP contribution in [0.3, 0.4) is 0 Å². The lowest BCUT2D eigenvalue weighted by atomic mass is 9.96. The number of aromatic carboxylic acids is 2. The Morgan fingerprint density at radius 1 is 1.09 bits per heavy atom. The van der Waals surface area contributed by atoms with E-state index in [9.17, 15) is 19.1 Å². The van der Waals surface area contributed by atoms with Gasteiger partial charge in [-0.2, -0.15) is 0 Å². The van der Waals surface area contributed by atoms with Crippen LogP contribution >= 0.6 is 11.3 Å². The maximum atomic E-state index is 13.8. The molecule has 116 valence electrons. The minimum Gasteiger partial charge on any atom is -0.478 e. The van der Waals surface area contributed by atoms with Gasteiger partial charge in [0.15, 0.2) is 0 Å². The predicted molar refractivity (Wildman–Crippen MR) is 85.9 cm³/mol. The van der Waals surface area contributed by atoms with Crippen LogP contribution in [0.15, 0.2) is 36.4 Å². The Morgan fingerprint density at radius 3 is 2.43 bits per heavy atom. The number of rotatable bonds is 3. The van der Waals surface area contributed by atoms with Gasteiger partial charge in [0, 0.05) is 10.4 Å². The van der Waals surface area contributed by atoms with Crippen molar-refractivity contribution in [3.8, 4) is 10.4 Å². The van der Waals surface area contributed by atoms with E-state index in [2.05, 4.69) is 0 Å². The van der Waals surface area contributed by atoms with Crippen LogP contribution < -0.4 is 0 Å². The van der Waals surface area contributed by atoms with Crippen molar-refractivity contribution in [3.63, 3.8) is 0 Å². The highest BCUT2D eigenvalue weighted by Crippen LogP contribution is 2.38. The Bertz CT molecular complexity index is 959. The molecule has 0 amide bonds. The summed E-state index contributed by atoms with van der Waals surface area (Å²) in [5, 5.41) is 19.3. The summed E-state index contributed by atoms with van der Waals surface area (Å²) >= 11 is 1.15. The van der Waals surface area contributed by atoms with Crippen molar-refractivity contribution >= 4 is 33.4 Å². The molecular formula is C17H11FO4S. The van der Waals surface area contributed by atoms with Gasteiger partial charge in [0.25, 0.3) is 0 Å². The van der Waals surface area contributed by atoms with Crippen molar-refractivity contribution in [1.29, 1.82) is 0 Å². The summed E-state index contributed by atoms with van der Waals surface area (Å²) < 4.78 is 14.3. The standard InChI is InChI=1S/C17H11FO4S/c1-8-10(16(19)20)5-6-11(14(8)17(21)22)13-7-9-3-2-4-12(18)15(9)23-13/h2-7H,1H3,(H,19,20)(H,21,22). The fourth-order valence-electron chi connectivity index (χ4n) is 2.58. The zero-order valence-corrected chi connectivity index (χ0v) is 12.8. The normalized spacial score (nSPS) is 10.9. The topological polar surface area (TPSA) is 74.6 Å². The molecule has 2 aromatic carbocycles. The Hall–Kier alpha value is -2.73. The number of fused-ring (bicyclic) bond motifs is 1. The first kappa shape index (κ1) is 15.2. The molecule has 0 fully saturated rings. The second-order valence-electron chi connectivity index (χ2n) is 5.04. The van der Waals surface area contributed by atoms with Gasteiger partial charge in [-0.3, -0.25) is 0 Å². The number of carbonyl (C=O) groups is 2. The highest BCUT2D eigenvalue weighted by atomic mass is 32.1. The molecule has 23 heavy (non-hydrogen) atoms. The van der Waals surface area contributed by atoms with E-state index in [0.717, 1.165) is 11.3 Å². The Kier molecular flexibility index (Phi) is 3.61. The Labute approximate surface area is 134 Å². The average Bonchev–Trinajstić information content (AvgIpc) is 2.91. The highest BCUT2D eigenvalue weighted by Gasteiger charge is 2.21. The second kappa shape index (κ2) is 5.48. The summed E-state index contributed by atoms with van der Waals surface area (Å²) in [7, 11) is 0. The van der Waals surface area contributed by atoms with E-state index in [1.807, 2.05) is 0 Å². The molecule has 4 nitrogen and oxygen atoms in total. The zero-order chi connectivity index (χ0) is 16.7. The minimum atomic E-state index is -1.21. The second-order valence-corrected chi connectivity index (χ2v) is 6.09. The number of halogens is 1. The summed E-state index contributed by atoms with van der Waals surface area (Å²) in [5.74, 6) is -2.76. The third kappa shape index (κ3) is 2.47. The van der Waals surface area contributed by atoms with E-state index in [-0.39, 0.29) is 22.5 Å². The van der Waals surface area contributed by atoms with Gasteiger partial charge >= 0.3 is 11.9 Å². The Balaban J connectivity index is 2.30. The first-order valence-electron chi connectivity index (χ1n) is 6.68. The SMILES string of the molecule is Cc1c(C(=O)O)ccc(-c2cc3cccc(F)c3s2)c1C(=O)O. The molecule has 0 atom stereocenters. The van der Waals surface area contributed by atoms with Crippen molar-refractivity contribution in [2.75, 3.05) is 0 Å². The summed E-state index contributed by atoms with van der Waals surface area (Å²) in [4.78, 5) is 23.4. The predicted octanol–water partition coefficient (Wildman–Crippen LogP) is 4.41. The van der Waals surface area contributed by atoms with E-state index < -0.39 is 11.9 Å². The molecule has 0 saturated carbocycles. The summed E-state index contributed by atoms with van der Waals surface area (Å²) in [6.07, 6.45) is 0. The molecule has 3 rings (SSSR count). The van der Waals surface area contributed by atoms with E-state index in [4.69, 9.17) is 5.11 Å². The third-order valence-corrected chi connectivity index (χ3v) is 4.86. The van der Waals surface area contributed by atoms with Crippen molar-refractivity contribution in [3.05, 3.63) is 58.9 Å². The number of hydrogen-bond acceptors (Lipinski definition) is 3. The van der Waals surface area contributed by atoms with Crippen molar-refractivity contribution in [2.24, 2.45) is 0 Å². The van der Waals surface area contributed by atoms with Crippen molar-refractivity contribution < 1.29 is 24.2 Å². The van der Waals surface area contributed by atoms with Crippen molar-refractivity contribution in [2.45, 2.75) is 6.92 Å². The van der Waals surface area contributed by atoms with Gasteiger partial charge in [0.1, 0.15) is 5.82 Å². The number of carboxylic acid groups (broad SMARTS) is 2. The maximum absolute atomic E-state index is 13.8. The lowest BCUT2D eigenvalue weighted by molar-refractivity contribution is 0.0696. The van der Waals surface area contributed by atoms with Crippen LogP contribution in [0, 0.1) is 12.7 Å². The number of thiophene rings is 1. The summed E-state index contributed by atoms with van der Waals surface area (Å²) in [6.45, 7) is 1.46. The monoisotopic (exact) mass is 330 g/mol. The quantitative estimate of drug-likeness (QED) is 0.746. The molecule has 0 radical (unpaired) electrons. The molecule has 0 saturated heterocycles. The largest absolute Gasteiger partial charge is 0.478 e. The maximum Gasteiger partial charge on any atom is 0.336 e. The van der Waals surface area contributed by atoms with Crippen molar-refractivity contribution in [1.82, 2.24) is 0 Å². The number of hydrogen-bond donors (Lipinski definition) is 2. The molecule has 0 aliphatic rings. The molecule has 2 N–H and O–H groups in total. The molecule has 0 aliphatic heterocycles. The van der Waals surface area contributed by atoms with E-state index in [1.165, 1.54) is 25.1 Å². The van der Waals surface area contributed by atoms with Gasteiger partial charge in [-0.25, -0.2) is 14.0 Å². The molecule has 0 aliphatic carbocycles. The van der Waals surface area contributed by atoms with Gasteiger partial charge in [0.05, 0.1) is 15.8 Å². The van der Waals surface area contributed by atoms with Crippen LogP contribution in [0.25, 0.3) is 20.5 Å². The van der Waals surface area contributed by atoms with Gasteiger partial charge in [-0.15, -0.1) is 11.3 Å². The highest BCUT2D eigenvalue weighted by molar-refractivity contribution is 7.22. The summed E-state index contributed by atoms with van der Waals surface area (Å²) in [6, 6.07) is 9.23. The van der Waals surface area contributed by atoms with Gasteiger partial charge in [-0.1, -0.05) is 18.2 Å². The number of carboxylic acids is 2. The molecule has 6 heteroatoms. The van der Waals surface area contributed by atoms with Crippen LogP contribution in [-0.4, -0.2) is 22.2 Å². The minimum absolute atomic E-state index is 0.0570. The first-order valence-corrected chi connectivity index (χ1v) is 7.50. The van der Waals surface area contributed by atoms with Crippen LogP contribution in [0.2, 0.25) is 0 Å². The average molecular weight is 330 g/mol. The molecule has 0 unspecified atom stereocenters.